The normalized spacial score (nSPS) is 22.2. The number of piperazine rings is 1. The minimum absolute atomic E-state index is 0.119. The van der Waals surface area contributed by atoms with Gasteiger partial charge in [0.05, 0.1) is 0 Å². The van der Waals surface area contributed by atoms with Crippen molar-refractivity contribution in [2.75, 3.05) is 44.2 Å². The molecule has 1 aliphatic carbocycles. The molecule has 6 heteroatoms. The van der Waals surface area contributed by atoms with E-state index in [1.807, 2.05) is 53.3 Å². The summed E-state index contributed by atoms with van der Waals surface area (Å²) in [5, 5.41) is 0. The van der Waals surface area contributed by atoms with Crippen molar-refractivity contribution in [1.82, 2.24) is 14.8 Å². The van der Waals surface area contributed by atoms with E-state index in [1.165, 1.54) is 5.56 Å². The van der Waals surface area contributed by atoms with Crippen molar-refractivity contribution in [2.24, 2.45) is 11.3 Å². The van der Waals surface area contributed by atoms with Gasteiger partial charge in [-0.15, -0.1) is 0 Å². The van der Waals surface area contributed by atoms with Gasteiger partial charge in [-0.25, -0.2) is 4.98 Å². The zero-order valence-corrected chi connectivity index (χ0v) is 19.1. The molecular weight excluding hydrogens is 400 g/mol. The van der Waals surface area contributed by atoms with Gasteiger partial charge in [0.25, 0.3) is 5.91 Å². The molecule has 0 bridgehead atoms. The molecule has 2 saturated heterocycles. The minimum Gasteiger partial charge on any atom is -0.353 e. The lowest BCUT2D eigenvalue weighted by molar-refractivity contribution is -0.134. The number of carbonyl (C=O) groups excluding carboxylic acids is 2. The van der Waals surface area contributed by atoms with E-state index in [0.29, 0.717) is 5.91 Å². The predicted molar refractivity (Wildman–Crippen MR) is 125 cm³/mol. The summed E-state index contributed by atoms with van der Waals surface area (Å²) < 4.78 is 0. The second-order valence-electron chi connectivity index (χ2n) is 9.73. The van der Waals surface area contributed by atoms with Gasteiger partial charge in [-0.05, 0) is 62.3 Å². The molecule has 0 unspecified atom stereocenters. The first-order valence-electron chi connectivity index (χ1n) is 11.8. The predicted octanol–water partition coefficient (Wildman–Crippen LogP) is 3.29. The van der Waals surface area contributed by atoms with Gasteiger partial charge in [0.2, 0.25) is 5.91 Å². The molecule has 3 aliphatic rings. The van der Waals surface area contributed by atoms with Crippen molar-refractivity contribution in [3.05, 3.63) is 59.3 Å². The van der Waals surface area contributed by atoms with Gasteiger partial charge >= 0.3 is 0 Å². The Morgan fingerprint density at radius 2 is 1.69 bits per heavy atom. The molecule has 3 heterocycles. The first-order chi connectivity index (χ1) is 15.5. The van der Waals surface area contributed by atoms with Crippen molar-refractivity contribution in [1.29, 1.82) is 0 Å². The number of hydrogen-bond donors (Lipinski definition) is 0. The largest absolute Gasteiger partial charge is 0.353 e. The van der Waals surface area contributed by atoms with Gasteiger partial charge in [-0.1, -0.05) is 23.8 Å². The monoisotopic (exact) mass is 432 g/mol. The number of amides is 2. The molecule has 5 rings (SSSR count). The molecule has 0 N–H and O–H groups in total. The number of benzene rings is 1. The molecule has 1 aromatic heterocycles. The third-order valence-corrected chi connectivity index (χ3v) is 7.71. The third-order valence-electron chi connectivity index (χ3n) is 7.71. The molecule has 1 aromatic carbocycles. The van der Waals surface area contributed by atoms with Crippen LogP contribution in [0.15, 0.2) is 42.6 Å². The van der Waals surface area contributed by atoms with Gasteiger partial charge < -0.3 is 14.7 Å². The number of likely N-dealkylation sites (tertiary alicyclic amines) is 1. The first-order valence-corrected chi connectivity index (χ1v) is 11.8. The summed E-state index contributed by atoms with van der Waals surface area (Å²) in [5.74, 6) is 1.58. The lowest BCUT2D eigenvalue weighted by Gasteiger charge is -2.37. The van der Waals surface area contributed by atoms with Crippen molar-refractivity contribution in [3.63, 3.8) is 0 Å². The van der Waals surface area contributed by atoms with Gasteiger partial charge in [0, 0.05) is 56.9 Å². The minimum atomic E-state index is 0.119. The number of rotatable bonds is 3. The molecule has 2 aliphatic heterocycles. The second-order valence-corrected chi connectivity index (χ2v) is 9.73. The SMILES string of the molecule is Cc1ccc(C(=O)N2CCC3(CC2)C[C@@H]3C(=O)N2CCN(c3ccccn3)CC2)c(C)c1. The molecular formula is C26H32N4O2. The van der Waals surface area contributed by atoms with E-state index in [1.54, 1.807) is 0 Å². The Morgan fingerprint density at radius 3 is 2.34 bits per heavy atom. The van der Waals surface area contributed by atoms with Crippen LogP contribution in [-0.2, 0) is 4.79 Å². The van der Waals surface area contributed by atoms with E-state index >= 15 is 0 Å². The number of pyridine rings is 1. The molecule has 0 radical (unpaired) electrons. The van der Waals surface area contributed by atoms with Crippen LogP contribution in [-0.4, -0.2) is 65.9 Å². The van der Waals surface area contributed by atoms with E-state index in [4.69, 9.17) is 0 Å². The van der Waals surface area contributed by atoms with E-state index in [0.717, 1.165) is 75.5 Å². The molecule has 1 spiro atoms. The smallest absolute Gasteiger partial charge is 0.254 e. The van der Waals surface area contributed by atoms with Crippen LogP contribution < -0.4 is 4.90 Å². The molecule has 3 fully saturated rings. The van der Waals surface area contributed by atoms with Crippen LogP contribution in [0.1, 0.15) is 40.7 Å². The van der Waals surface area contributed by atoms with Crippen molar-refractivity contribution < 1.29 is 9.59 Å². The molecule has 1 atom stereocenters. The number of aryl methyl sites for hydroxylation is 2. The van der Waals surface area contributed by atoms with Gasteiger partial charge in [0.15, 0.2) is 0 Å². The standard InChI is InChI=1S/C26H32N4O2/c1-19-6-7-21(20(2)17-19)24(31)29-11-8-26(9-12-29)18-22(26)25(32)30-15-13-28(14-16-30)23-5-3-4-10-27-23/h3-7,10,17,22H,8-9,11-16,18H2,1-2H3/t22-/m1/s1. The van der Waals surface area contributed by atoms with Crippen LogP contribution in [0.5, 0.6) is 0 Å². The van der Waals surface area contributed by atoms with Crippen LogP contribution in [0.25, 0.3) is 0 Å². The Balaban J connectivity index is 1.14. The Morgan fingerprint density at radius 1 is 0.938 bits per heavy atom. The van der Waals surface area contributed by atoms with Crippen molar-refractivity contribution in [2.45, 2.75) is 33.1 Å². The highest BCUT2D eigenvalue weighted by Crippen LogP contribution is 2.60. The highest BCUT2D eigenvalue weighted by molar-refractivity contribution is 5.95. The fourth-order valence-corrected chi connectivity index (χ4v) is 5.55. The number of piperidine rings is 1. The average Bonchev–Trinajstić information content (AvgIpc) is 3.52. The Hall–Kier alpha value is -2.89. The van der Waals surface area contributed by atoms with Gasteiger partial charge in [-0.3, -0.25) is 9.59 Å². The number of nitrogens with zero attached hydrogens (tertiary/aromatic N) is 4. The lowest BCUT2D eigenvalue weighted by Crippen LogP contribution is -2.50. The van der Waals surface area contributed by atoms with Crippen LogP contribution in [0.4, 0.5) is 5.82 Å². The van der Waals surface area contributed by atoms with E-state index < -0.39 is 0 Å². The van der Waals surface area contributed by atoms with Gasteiger partial charge in [0.1, 0.15) is 5.82 Å². The van der Waals surface area contributed by atoms with Crippen LogP contribution in [0, 0.1) is 25.2 Å². The number of hydrogen-bond acceptors (Lipinski definition) is 4. The number of carbonyl (C=O) groups is 2. The van der Waals surface area contributed by atoms with E-state index in [-0.39, 0.29) is 17.2 Å². The summed E-state index contributed by atoms with van der Waals surface area (Å²) >= 11 is 0. The Bertz CT molecular complexity index is 1010. The van der Waals surface area contributed by atoms with Crippen molar-refractivity contribution >= 4 is 17.6 Å². The van der Waals surface area contributed by atoms with E-state index in [2.05, 4.69) is 22.9 Å². The third kappa shape index (κ3) is 3.87. The second kappa shape index (κ2) is 8.23. The number of aromatic nitrogens is 1. The maximum Gasteiger partial charge on any atom is 0.254 e. The quantitative estimate of drug-likeness (QED) is 0.747. The Labute approximate surface area is 190 Å². The van der Waals surface area contributed by atoms with E-state index in [9.17, 15) is 9.59 Å². The van der Waals surface area contributed by atoms with Gasteiger partial charge in [-0.2, -0.15) is 0 Å². The summed E-state index contributed by atoms with van der Waals surface area (Å²) in [6.45, 7) is 8.76. The lowest BCUT2D eigenvalue weighted by atomic mass is 9.89. The summed E-state index contributed by atoms with van der Waals surface area (Å²) in [4.78, 5) is 36.9. The highest BCUT2D eigenvalue weighted by Gasteiger charge is 2.59. The Kier molecular flexibility index (Phi) is 5.39. The highest BCUT2D eigenvalue weighted by atomic mass is 16.2. The maximum absolute atomic E-state index is 13.2. The summed E-state index contributed by atoms with van der Waals surface area (Å²) in [6, 6.07) is 12.0. The molecule has 2 aromatic rings. The molecule has 1 saturated carbocycles. The van der Waals surface area contributed by atoms with Crippen LogP contribution >= 0.6 is 0 Å². The summed E-state index contributed by atoms with van der Waals surface area (Å²) in [7, 11) is 0. The fraction of sp³-hybridized carbons (Fsp3) is 0.500. The zero-order valence-electron chi connectivity index (χ0n) is 19.1. The topological polar surface area (TPSA) is 56.8 Å². The number of anilines is 1. The van der Waals surface area contributed by atoms with Crippen molar-refractivity contribution in [3.8, 4) is 0 Å². The van der Waals surface area contributed by atoms with Crippen LogP contribution in [0.2, 0.25) is 0 Å². The van der Waals surface area contributed by atoms with Crippen LogP contribution in [0.3, 0.4) is 0 Å². The summed E-state index contributed by atoms with van der Waals surface area (Å²) in [6.07, 6.45) is 4.68. The fourth-order valence-electron chi connectivity index (χ4n) is 5.55. The first kappa shape index (κ1) is 21.0. The summed E-state index contributed by atoms with van der Waals surface area (Å²) in [5.41, 5.74) is 3.14. The molecule has 6 nitrogen and oxygen atoms in total. The molecule has 168 valence electrons. The zero-order chi connectivity index (χ0) is 22.3. The molecule has 2 amide bonds. The average molecular weight is 433 g/mol. The maximum atomic E-state index is 13.2. The molecule has 32 heavy (non-hydrogen) atoms.